The zero-order valence-electron chi connectivity index (χ0n) is 13.6. The molecule has 1 aliphatic carbocycles. The van der Waals surface area contributed by atoms with Gasteiger partial charge < -0.3 is 10.6 Å². The Hall–Kier alpha value is -2.29. The van der Waals surface area contributed by atoms with Crippen LogP contribution in [0.4, 0.5) is 4.79 Å². The van der Waals surface area contributed by atoms with Crippen molar-refractivity contribution in [1.82, 2.24) is 10.6 Å². The number of carbonyl (C=O) groups excluding carboxylic acids is 1. The van der Waals surface area contributed by atoms with E-state index in [2.05, 4.69) is 66.1 Å². The molecule has 3 nitrogen and oxygen atoms in total. The van der Waals surface area contributed by atoms with Gasteiger partial charge in [0, 0.05) is 6.54 Å². The quantitative estimate of drug-likeness (QED) is 0.883. The molecule has 2 aromatic carbocycles. The molecule has 3 heteroatoms. The minimum Gasteiger partial charge on any atom is -0.338 e. The first kappa shape index (κ1) is 15.6. The fraction of sp³-hybridized carbons (Fsp3) is 0.350. The van der Waals surface area contributed by atoms with Gasteiger partial charge in [0.1, 0.15) is 0 Å². The Bertz CT molecular complexity index is 681. The van der Waals surface area contributed by atoms with Crippen molar-refractivity contribution in [1.29, 1.82) is 0 Å². The first-order valence-corrected chi connectivity index (χ1v) is 8.40. The molecule has 1 aliphatic rings. The smallest absolute Gasteiger partial charge is 0.315 e. The number of benzene rings is 2. The molecule has 0 aliphatic heterocycles. The van der Waals surface area contributed by atoms with E-state index < -0.39 is 0 Å². The van der Waals surface area contributed by atoms with Crippen molar-refractivity contribution in [3.05, 3.63) is 70.8 Å². The van der Waals surface area contributed by atoms with Gasteiger partial charge in [0.25, 0.3) is 0 Å². The largest absolute Gasteiger partial charge is 0.338 e. The van der Waals surface area contributed by atoms with E-state index in [0.29, 0.717) is 6.54 Å². The van der Waals surface area contributed by atoms with Gasteiger partial charge >= 0.3 is 6.03 Å². The van der Waals surface area contributed by atoms with Crippen LogP contribution in [0.2, 0.25) is 0 Å². The van der Waals surface area contributed by atoms with E-state index in [1.807, 2.05) is 0 Å². The van der Waals surface area contributed by atoms with Crippen molar-refractivity contribution in [2.45, 2.75) is 38.6 Å². The lowest BCUT2D eigenvalue weighted by Gasteiger charge is -2.26. The predicted molar refractivity (Wildman–Crippen MR) is 93.5 cm³/mol. The number of nitrogens with one attached hydrogen (secondary N) is 2. The second-order valence-corrected chi connectivity index (χ2v) is 6.28. The number of carbonyl (C=O) groups is 1. The van der Waals surface area contributed by atoms with Crippen molar-refractivity contribution >= 4 is 6.03 Å². The van der Waals surface area contributed by atoms with E-state index >= 15 is 0 Å². The van der Waals surface area contributed by atoms with Crippen LogP contribution in [-0.2, 0) is 12.8 Å². The third-order valence-electron chi connectivity index (χ3n) is 4.46. The molecule has 0 aromatic heterocycles. The Labute approximate surface area is 138 Å². The van der Waals surface area contributed by atoms with Crippen molar-refractivity contribution in [2.75, 3.05) is 6.54 Å². The molecule has 0 saturated heterocycles. The summed E-state index contributed by atoms with van der Waals surface area (Å²) in [6.07, 6.45) is 4.12. The van der Waals surface area contributed by atoms with Gasteiger partial charge in [-0.05, 0) is 49.3 Å². The first-order chi connectivity index (χ1) is 11.2. The summed E-state index contributed by atoms with van der Waals surface area (Å²) in [6, 6.07) is 16.9. The Morgan fingerprint density at radius 2 is 2.04 bits per heavy atom. The molecule has 0 saturated carbocycles. The molecule has 23 heavy (non-hydrogen) atoms. The fourth-order valence-corrected chi connectivity index (χ4v) is 3.30. The normalized spacial score (nSPS) is 16.5. The van der Waals surface area contributed by atoms with Crippen LogP contribution in [0.15, 0.2) is 48.5 Å². The number of rotatable bonds is 4. The summed E-state index contributed by atoms with van der Waals surface area (Å²) in [5.41, 5.74) is 5.15. The summed E-state index contributed by atoms with van der Waals surface area (Å²) < 4.78 is 0. The van der Waals surface area contributed by atoms with Gasteiger partial charge in [0.2, 0.25) is 0 Å². The fourth-order valence-electron chi connectivity index (χ4n) is 3.30. The van der Waals surface area contributed by atoms with Gasteiger partial charge in [0.05, 0.1) is 6.04 Å². The van der Waals surface area contributed by atoms with E-state index in [-0.39, 0.29) is 12.1 Å². The number of aryl methyl sites for hydroxylation is 2. The van der Waals surface area contributed by atoms with Crippen LogP contribution >= 0.6 is 0 Å². The van der Waals surface area contributed by atoms with Crippen LogP contribution in [0.25, 0.3) is 0 Å². The molecule has 0 spiro atoms. The van der Waals surface area contributed by atoms with Gasteiger partial charge in [-0.3, -0.25) is 0 Å². The van der Waals surface area contributed by atoms with E-state index in [9.17, 15) is 4.79 Å². The Kier molecular flexibility index (Phi) is 4.96. The second kappa shape index (κ2) is 7.32. The van der Waals surface area contributed by atoms with Gasteiger partial charge in [-0.15, -0.1) is 0 Å². The van der Waals surface area contributed by atoms with Crippen LogP contribution in [0.1, 0.15) is 41.1 Å². The Morgan fingerprint density at radius 3 is 2.91 bits per heavy atom. The number of fused-ring (bicyclic) bond motifs is 1. The molecule has 120 valence electrons. The topological polar surface area (TPSA) is 41.1 Å². The van der Waals surface area contributed by atoms with E-state index in [0.717, 1.165) is 25.7 Å². The standard InChI is InChI=1S/C20H24N2O/c1-15-6-4-7-16(14-15)12-13-21-20(23)22-19-11-5-9-17-8-2-3-10-18(17)19/h2-4,6-8,10,14,19H,5,9,11-13H2,1H3,(H2,21,22,23). The molecular formula is C20H24N2O. The van der Waals surface area contributed by atoms with Crippen molar-refractivity contribution in [3.8, 4) is 0 Å². The minimum atomic E-state index is -0.0700. The van der Waals surface area contributed by atoms with Gasteiger partial charge in [0.15, 0.2) is 0 Å². The Morgan fingerprint density at radius 1 is 1.17 bits per heavy atom. The zero-order chi connectivity index (χ0) is 16.1. The third kappa shape index (κ3) is 4.13. The summed E-state index contributed by atoms with van der Waals surface area (Å²) in [4.78, 5) is 12.2. The summed E-state index contributed by atoms with van der Waals surface area (Å²) in [5.74, 6) is 0. The summed E-state index contributed by atoms with van der Waals surface area (Å²) >= 11 is 0. The highest BCUT2D eigenvalue weighted by molar-refractivity contribution is 5.74. The van der Waals surface area contributed by atoms with E-state index in [4.69, 9.17) is 0 Å². The summed E-state index contributed by atoms with van der Waals surface area (Å²) in [7, 11) is 0. The number of urea groups is 1. The van der Waals surface area contributed by atoms with E-state index in [1.54, 1.807) is 0 Å². The average molecular weight is 308 g/mol. The lowest BCUT2D eigenvalue weighted by Crippen LogP contribution is -2.39. The molecule has 0 fully saturated rings. The highest BCUT2D eigenvalue weighted by Crippen LogP contribution is 2.29. The van der Waals surface area contributed by atoms with Crippen LogP contribution in [-0.4, -0.2) is 12.6 Å². The monoisotopic (exact) mass is 308 g/mol. The van der Waals surface area contributed by atoms with Crippen LogP contribution in [0, 0.1) is 6.92 Å². The van der Waals surface area contributed by atoms with Gasteiger partial charge in [-0.2, -0.15) is 0 Å². The molecule has 0 radical (unpaired) electrons. The van der Waals surface area contributed by atoms with Gasteiger partial charge in [-0.25, -0.2) is 4.79 Å². The summed E-state index contributed by atoms with van der Waals surface area (Å²) in [6.45, 7) is 2.74. The SMILES string of the molecule is Cc1cccc(CCNC(=O)NC2CCCc3ccccc32)c1. The van der Waals surface area contributed by atoms with Crippen molar-refractivity contribution in [2.24, 2.45) is 0 Å². The maximum Gasteiger partial charge on any atom is 0.315 e. The molecule has 3 rings (SSSR count). The minimum absolute atomic E-state index is 0.0700. The van der Waals surface area contributed by atoms with Crippen LogP contribution in [0.5, 0.6) is 0 Å². The lowest BCUT2D eigenvalue weighted by molar-refractivity contribution is 0.235. The maximum atomic E-state index is 12.2. The lowest BCUT2D eigenvalue weighted by atomic mass is 9.88. The van der Waals surface area contributed by atoms with Crippen LogP contribution in [0.3, 0.4) is 0 Å². The number of hydrogen-bond donors (Lipinski definition) is 2. The molecular weight excluding hydrogens is 284 g/mol. The molecule has 0 heterocycles. The predicted octanol–water partition coefficient (Wildman–Crippen LogP) is 3.91. The van der Waals surface area contributed by atoms with E-state index in [1.165, 1.54) is 22.3 Å². The molecule has 1 unspecified atom stereocenters. The molecule has 2 aromatic rings. The van der Waals surface area contributed by atoms with Gasteiger partial charge in [-0.1, -0.05) is 54.1 Å². The Balaban J connectivity index is 1.50. The molecule has 2 N–H and O–H groups in total. The zero-order valence-corrected chi connectivity index (χ0v) is 13.6. The first-order valence-electron chi connectivity index (χ1n) is 8.40. The highest BCUT2D eigenvalue weighted by Gasteiger charge is 2.20. The molecule has 1 atom stereocenters. The average Bonchev–Trinajstić information content (AvgIpc) is 2.55. The van der Waals surface area contributed by atoms with Crippen molar-refractivity contribution in [3.63, 3.8) is 0 Å². The number of amides is 2. The molecule has 0 bridgehead atoms. The number of hydrogen-bond acceptors (Lipinski definition) is 1. The summed E-state index contributed by atoms with van der Waals surface area (Å²) in [5, 5.41) is 6.10. The second-order valence-electron chi connectivity index (χ2n) is 6.28. The van der Waals surface area contributed by atoms with Crippen LogP contribution < -0.4 is 10.6 Å². The molecule has 2 amide bonds. The third-order valence-corrected chi connectivity index (χ3v) is 4.46. The van der Waals surface area contributed by atoms with Crippen molar-refractivity contribution < 1.29 is 4.79 Å². The maximum absolute atomic E-state index is 12.2. The highest BCUT2D eigenvalue weighted by atomic mass is 16.2.